The molecule has 7 N–H and O–H groups in total. The minimum absolute atomic E-state index is 0.0848. The molecule has 1 heterocycles. The lowest BCUT2D eigenvalue weighted by Gasteiger charge is -2.46. The third kappa shape index (κ3) is 10.6. The van der Waals surface area contributed by atoms with Crippen molar-refractivity contribution < 1.29 is 58.9 Å². The summed E-state index contributed by atoms with van der Waals surface area (Å²) in [6, 6.07) is 15.3. The third-order valence-electron chi connectivity index (χ3n) is 7.16. The number of carboxylic acid groups (broad SMARTS) is 1. The zero-order chi connectivity index (χ0) is 33.5. The average molecular weight is 645 g/mol. The monoisotopic (exact) mass is 644 g/mol. The lowest BCUT2D eigenvalue weighted by atomic mass is 9.87. The van der Waals surface area contributed by atoms with E-state index in [2.05, 4.69) is 16.6 Å². The molecule has 6 atom stereocenters. The van der Waals surface area contributed by atoms with Crippen LogP contribution in [0.2, 0.25) is 0 Å². The molecule has 2 aromatic carbocycles. The maximum Gasteiger partial charge on any atom is 0.364 e. The highest BCUT2D eigenvalue weighted by Crippen LogP contribution is 2.34. The van der Waals surface area contributed by atoms with Crippen molar-refractivity contribution in [3.05, 3.63) is 54.6 Å². The molecule has 0 saturated carbocycles. The molecule has 1 aliphatic heterocycles. The molecule has 14 heteroatoms. The van der Waals surface area contributed by atoms with Gasteiger partial charge in [0.2, 0.25) is 11.8 Å². The van der Waals surface area contributed by atoms with Gasteiger partial charge in [0.15, 0.2) is 0 Å². The SMILES string of the molecule is C#CCOCCOCCO[C@@]1(C(=O)O)C[C@H](O)[C@@H](NC(=O)CO)[C@H]([C@H](O)[C@H](O)CCC(=O)Nc2ccc(-c3ccccc3)cc2)O1. The first kappa shape index (κ1) is 36.6. The summed E-state index contributed by atoms with van der Waals surface area (Å²) < 4.78 is 21.5. The van der Waals surface area contributed by atoms with Crippen molar-refractivity contribution in [2.24, 2.45) is 0 Å². The number of rotatable bonds is 18. The van der Waals surface area contributed by atoms with Gasteiger partial charge < -0.3 is 55.1 Å². The summed E-state index contributed by atoms with van der Waals surface area (Å²) in [7, 11) is 0. The molecule has 0 spiro atoms. The van der Waals surface area contributed by atoms with E-state index < -0.39 is 67.1 Å². The summed E-state index contributed by atoms with van der Waals surface area (Å²) in [4.78, 5) is 36.9. The number of amides is 2. The van der Waals surface area contributed by atoms with Crippen molar-refractivity contribution >= 4 is 23.5 Å². The molecule has 14 nitrogen and oxygen atoms in total. The Bertz CT molecular complexity index is 1300. The number of carbonyl (C=O) groups is 3. The molecule has 1 fully saturated rings. The molecule has 0 unspecified atom stereocenters. The average Bonchev–Trinajstić information content (AvgIpc) is 3.06. The van der Waals surface area contributed by atoms with Crippen molar-refractivity contribution in [2.45, 2.75) is 55.5 Å². The number of anilines is 1. The van der Waals surface area contributed by atoms with Gasteiger partial charge in [-0.25, -0.2) is 4.79 Å². The highest BCUT2D eigenvalue weighted by atomic mass is 16.7. The molecule has 250 valence electrons. The second-order valence-electron chi connectivity index (χ2n) is 10.5. The fraction of sp³-hybridized carbons (Fsp3) is 0.469. The summed E-state index contributed by atoms with van der Waals surface area (Å²) in [6.07, 6.45) is -3.05. The van der Waals surface area contributed by atoms with Gasteiger partial charge in [-0.2, -0.15) is 0 Å². The van der Waals surface area contributed by atoms with E-state index in [0.29, 0.717) is 5.69 Å². The lowest BCUT2D eigenvalue weighted by Crippen LogP contribution is -2.68. The van der Waals surface area contributed by atoms with E-state index in [1.165, 1.54) is 0 Å². The van der Waals surface area contributed by atoms with Crippen molar-refractivity contribution in [3.8, 4) is 23.5 Å². The number of hydrogen-bond donors (Lipinski definition) is 7. The van der Waals surface area contributed by atoms with Gasteiger partial charge in [-0.05, 0) is 29.7 Å². The minimum atomic E-state index is -2.49. The molecule has 0 bridgehead atoms. The Morgan fingerprint density at radius 2 is 1.63 bits per heavy atom. The van der Waals surface area contributed by atoms with Crippen molar-refractivity contribution in [2.75, 3.05) is 45.0 Å². The first-order chi connectivity index (χ1) is 22.1. The first-order valence-electron chi connectivity index (χ1n) is 14.6. The van der Waals surface area contributed by atoms with E-state index >= 15 is 0 Å². The second-order valence-corrected chi connectivity index (χ2v) is 10.5. The van der Waals surface area contributed by atoms with Crippen LogP contribution >= 0.6 is 0 Å². The Labute approximate surface area is 266 Å². The van der Waals surface area contributed by atoms with Gasteiger partial charge in [-0.1, -0.05) is 48.4 Å². The van der Waals surface area contributed by atoms with E-state index in [1.807, 2.05) is 42.5 Å². The van der Waals surface area contributed by atoms with Gasteiger partial charge >= 0.3 is 5.97 Å². The van der Waals surface area contributed by atoms with Gasteiger partial charge in [0.25, 0.3) is 5.79 Å². The van der Waals surface area contributed by atoms with Crippen LogP contribution in [0.3, 0.4) is 0 Å². The molecule has 2 aromatic rings. The molecule has 46 heavy (non-hydrogen) atoms. The van der Waals surface area contributed by atoms with E-state index in [9.17, 15) is 39.9 Å². The van der Waals surface area contributed by atoms with Crippen LogP contribution < -0.4 is 10.6 Å². The second kappa shape index (κ2) is 18.3. The predicted octanol–water partition coefficient (Wildman–Crippen LogP) is -0.115. The van der Waals surface area contributed by atoms with E-state index in [0.717, 1.165) is 11.1 Å². The standard InChI is InChI=1S/C32H40N2O12/c1-2-14-43-15-16-44-17-18-45-32(31(41)42)19-25(37)28(34-27(39)20-35)30(46-32)29(40)24(36)12-13-26(38)33-23-10-8-22(9-11-23)21-6-4-3-5-7-21/h1,3-11,24-25,28-30,35-37,40H,12-20H2,(H,33,38)(H,34,39)(H,41,42)/t24-,25+,28-,29-,30-,32+/m1/s1. The van der Waals surface area contributed by atoms with Gasteiger partial charge in [-0.15, -0.1) is 6.42 Å². The molecule has 0 aromatic heterocycles. The Kier molecular flexibility index (Phi) is 14.5. The smallest absolute Gasteiger partial charge is 0.364 e. The summed E-state index contributed by atoms with van der Waals surface area (Å²) in [5.41, 5.74) is 2.47. The number of aliphatic carboxylic acids is 1. The zero-order valence-corrected chi connectivity index (χ0v) is 25.1. The molecule has 0 radical (unpaired) electrons. The van der Waals surface area contributed by atoms with E-state index in [-0.39, 0.29) is 45.9 Å². The third-order valence-corrected chi connectivity index (χ3v) is 7.16. The Balaban J connectivity index is 1.62. The number of nitrogens with one attached hydrogen (secondary N) is 2. The van der Waals surface area contributed by atoms with Crippen LogP contribution in [0.4, 0.5) is 5.69 Å². The maximum absolute atomic E-state index is 12.6. The number of benzene rings is 2. The van der Waals surface area contributed by atoms with Crippen LogP contribution in [0.25, 0.3) is 11.1 Å². The highest BCUT2D eigenvalue weighted by molar-refractivity contribution is 5.91. The van der Waals surface area contributed by atoms with Gasteiger partial charge in [0.05, 0.1) is 44.7 Å². The van der Waals surface area contributed by atoms with Crippen molar-refractivity contribution in [3.63, 3.8) is 0 Å². The van der Waals surface area contributed by atoms with Crippen LogP contribution in [0.1, 0.15) is 19.3 Å². The lowest BCUT2D eigenvalue weighted by molar-refractivity contribution is -0.312. The van der Waals surface area contributed by atoms with Crippen LogP contribution in [-0.4, -0.2) is 119 Å². The van der Waals surface area contributed by atoms with Crippen LogP contribution in [0.15, 0.2) is 54.6 Å². The Morgan fingerprint density at radius 1 is 0.978 bits per heavy atom. The van der Waals surface area contributed by atoms with Gasteiger partial charge in [0.1, 0.15) is 25.4 Å². The number of ether oxygens (including phenoxy) is 4. The molecule has 0 aliphatic carbocycles. The van der Waals surface area contributed by atoms with Crippen molar-refractivity contribution in [1.29, 1.82) is 0 Å². The van der Waals surface area contributed by atoms with Crippen LogP contribution in [-0.2, 0) is 33.3 Å². The Hall–Kier alpha value is -3.91. The molecule has 1 saturated heterocycles. The number of carbonyl (C=O) groups excluding carboxylic acids is 2. The molecule has 3 rings (SSSR count). The fourth-order valence-corrected chi connectivity index (χ4v) is 4.83. The topological polar surface area (TPSA) is 213 Å². The molecular weight excluding hydrogens is 604 g/mol. The molecule has 2 amide bonds. The van der Waals surface area contributed by atoms with Gasteiger partial charge in [0, 0.05) is 18.5 Å². The summed E-state index contributed by atoms with van der Waals surface area (Å²) in [5, 5.41) is 56.9. The van der Waals surface area contributed by atoms with Crippen LogP contribution in [0.5, 0.6) is 0 Å². The number of terminal acetylenes is 1. The normalized spacial score (nSPS) is 22.3. The van der Waals surface area contributed by atoms with Crippen LogP contribution in [0, 0.1) is 12.3 Å². The summed E-state index contributed by atoms with van der Waals surface area (Å²) in [5.74, 6) is -3.24. The summed E-state index contributed by atoms with van der Waals surface area (Å²) >= 11 is 0. The quantitative estimate of drug-likeness (QED) is 0.0836. The first-order valence-corrected chi connectivity index (χ1v) is 14.6. The van der Waals surface area contributed by atoms with Gasteiger partial charge in [-0.3, -0.25) is 9.59 Å². The molecule has 1 aliphatic rings. The highest BCUT2D eigenvalue weighted by Gasteiger charge is 2.55. The predicted molar refractivity (Wildman–Crippen MR) is 163 cm³/mol. The minimum Gasteiger partial charge on any atom is -0.477 e. The summed E-state index contributed by atoms with van der Waals surface area (Å²) in [6.45, 7) is -0.919. The number of aliphatic hydroxyl groups excluding tert-OH is 4. The van der Waals surface area contributed by atoms with E-state index in [4.69, 9.17) is 25.4 Å². The maximum atomic E-state index is 12.6. The fourth-order valence-electron chi connectivity index (χ4n) is 4.83. The van der Waals surface area contributed by atoms with E-state index in [1.54, 1.807) is 12.1 Å². The largest absolute Gasteiger partial charge is 0.477 e. The molecular formula is C32H40N2O12. The zero-order valence-electron chi connectivity index (χ0n) is 25.1. The number of aliphatic hydroxyl groups is 4. The Morgan fingerprint density at radius 3 is 2.28 bits per heavy atom. The van der Waals surface area contributed by atoms with Crippen molar-refractivity contribution in [1.82, 2.24) is 5.32 Å². The number of hydrogen-bond acceptors (Lipinski definition) is 11. The number of carboxylic acids is 1.